The number of hydrogen-bond acceptors (Lipinski definition) is 3. The van der Waals surface area contributed by atoms with Crippen LogP contribution in [0, 0.1) is 5.92 Å². The van der Waals surface area contributed by atoms with Gasteiger partial charge in [0.05, 0.1) is 0 Å². The number of aliphatic hydroxyl groups excluding tert-OH is 1. The van der Waals surface area contributed by atoms with Gasteiger partial charge in [-0.15, -0.1) is 0 Å². The molecule has 17 heavy (non-hydrogen) atoms. The molecule has 1 amide bonds. The first-order chi connectivity index (χ1) is 7.85. The highest BCUT2D eigenvalue weighted by molar-refractivity contribution is 5.68. The Balaban J connectivity index is 2.68. The molecule has 1 fully saturated rings. The molecule has 4 heteroatoms. The van der Waals surface area contributed by atoms with E-state index in [9.17, 15) is 4.79 Å². The third-order valence-corrected chi connectivity index (χ3v) is 3.17. The first-order valence-electron chi connectivity index (χ1n) is 6.45. The van der Waals surface area contributed by atoms with Crippen LogP contribution in [-0.2, 0) is 4.74 Å². The quantitative estimate of drug-likeness (QED) is 0.810. The first-order valence-corrected chi connectivity index (χ1v) is 6.45. The summed E-state index contributed by atoms with van der Waals surface area (Å²) in [6.45, 7) is 8.62. The van der Waals surface area contributed by atoms with E-state index in [0.717, 1.165) is 19.4 Å². The van der Waals surface area contributed by atoms with Crippen LogP contribution in [0.3, 0.4) is 0 Å². The number of hydrogen-bond donors (Lipinski definition) is 1. The van der Waals surface area contributed by atoms with Crippen molar-refractivity contribution in [3.63, 3.8) is 0 Å². The largest absolute Gasteiger partial charge is 0.444 e. The Morgan fingerprint density at radius 3 is 2.65 bits per heavy atom. The Morgan fingerprint density at radius 2 is 2.12 bits per heavy atom. The normalized spacial score (nSPS) is 25.8. The van der Waals surface area contributed by atoms with Gasteiger partial charge < -0.3 is 14.7 Å². The van der Waals surface area contributed by atoms with Gasteiger partial charge in [-0.2, -0.15) is 0 Å². The van der Waals surface area contributed by atoms with Crippen LogP contribution in [0.25, 0.3) is 0 Å². The number of aliphatic hydroxyl groups is 1. The number of likely N-dealkylation sites (tertiary alicyclic amines) is 1. The van der Waals surface area contributed by atoms with Crippen molar-refractivity contribution < 1.29 is 14.6 Å². The summed E-state index contributed by atoms with van der Waals surface area (Å²) in [5.74, 6) is 0.434. The molecular weight excluding hydrogens is 218 g/mol. The number of piperidine rings is 1. The lowest BCUT2D eigenvalue weighted by molar-refractivity contribution is -0.00210. The maximum Gasteiger partial charge on any atom is 0.410 e. The molecule has 0 spiro atoms. The monoisotopic (exact) mass is 243 g/mol. The highest BCUT2D eigenvalue weighted by Gasteiger charge is 2.33. The smallest absolute Gasteiger partial charge is 0.410 e. The number of amides is 1. The molecule has 0 aromatic carbocycles. The minimum atomic E-state index is -0.457. The molecule has 2 atom stereocenters. The molecule has 0 saturated carbocycles. The van der Waals surface area contributed by atoms with E-state index in [0.29, 0.717) is 12.3 Å². The third-order valence-electron chi connectivity index (χ3n) is 3.17. The van der Waals surface area contributed by atoms with Crippen LogP contribution in [0.15, 0.2) is 0 Å². The van der Waals surface area contributed by atoms with E-state index < -0.39 is 5.60 Å². The summed E-state index contributed by atoms with van der Waals surface area (Å²) in [5.41, 5.74) is -0.457. The Bertz CT molecular complexity index is 260. The fraction of sp³-hybridized carbons (Fsp3) is 0.923. The average molecular weight is 243 g/mol. The second-order valence-electron chi connectivity index (χ2n) is 5.87. The van der Waals surface area contributed by atoms with Crippen molar-refractivity contribution in [2.75, 3.05) is 13.2 Å². The molecule has 2 unspecified atom stereocenters. The van der Waals surface area contributed by atoms with Crippen LogP contribution in [0.5, 0.6) is 0 Å². The van der Waals surface area contributed by atoms with Crippen molar-refractivity contribution in [1.82, 2.24) is 4.90 Å². The standard InChI is InChI=1S/C13H25NO3/c1-10-6-5-8-14(11(10)7-9-15)12(16)17-13(2,3)4/h10-11,15H,5-9H2,1-4H3. The SMILES string of the molecule is CC1CCCN(C(=O)OC(C)(C)C)C1CCO. The van der Waals surface area contributed by atoms with Gasteiger partial charge in [-0.25, -0.2) is 4.79 Å². The summed E-state index contributed by atoms with van der Waals surface area (Å²) in [5, 5.41) is 9.09. The fourth-order valence-electron chi connectivity index (χ4n) is 2.37. The van der Waals surface area contributed by atoms with E-state index >= 15 is 0 Å². The van der Waals surface area contributed by atoms with Crippen molar-refractivity contribution >= 4 is 6.09 Å². The zero-order valence-electron chi connectivity index (χ0n) is 11.4. The van der Waals surface area contributed by atoms with Crippen molar-refractivity contribution in [3.05, 3.63) is 0 Å². The lowest BCUT2D eigenvalue weighted by atomic mass is 9.89. The van der Waals surface area contributed by atoms with E-state index in [1.165, 1.54) is 0 Å². The zero-order chi connectivity index (χ0) is 13.1. The lowest BCUT2D eigenvalue weighted by Gasteiger charge is -2.40. The summed E-state index contributed by atoms with van der Waals surface area (Å²) in [4.78, 5) is 13.9. The number of nitrogens with zero attached hydrogens (tertiary/aromatic N) is 1. The van der Waals surface area contributed by atoms with Crippen LogP contribution >= 0.6 is 0 Å². The van der Waals surface area contributed by atoms with Crippen LogP contribution in [0.1, 0.15) is 47.0 Å². The number of ether oxygens (including phenoxy) is 1. The summed E-state index contributed by atoms with van der Waals surface area (Å²) in [7, 11) is 0. The average Bonchev–Trinajstić information content (AvgIpc) is 2.18. The summed E-state index contributed by atoms with van der Waals surface area (Å²) < 4.78 is 5.41. The van der Waals surface area contributed by atoms with E-state index in [2.05, 4.69) is 6.92 Å². The number of carbonyl (C=O) groups is 1. The van der Waals surface area contributed by atoms with Gasteiger partial charge in [0.15, 0.2) is 0 Å². The third kappa shape index (κ3) is 4.19. The molecule has 0 aromatic rings. The maximum absolute atomic E-state index is 12.1. The molecule has 0 aliphatic carbocycles. The Morgan fingerprint density at radius 1 is 1.47 bits per heavy atom. The molecule has 1 rings (SSSR count). The minimum absolute atomic E-state index is 0.114. The minimum Gasteiger partial charge on any atom is -0.444 e. The van der Waals surface area contributed by atoms with Crippen molar-refractivity contribution in [2.24, 2.45) is 5.92 Å². The van der Waals surface area contributed by atoms with Crippen LogP contribution < -0.4 is 0 Å². The first kappa shape index (κ1) is 14.3. The molecule has 1 N–H and O–H groups in total. The molecule has 1 saturated heterocycles. The Hall–Kier alpha value is -0.770. The Labute approximate surface area is 104 Å². The predicted octanol–water partition coefficient (Wildman–Crippen LogP) is 2.40. The molecule has 1 heterocycles. The van der Waals surface area contributed by atoms with Gasteiger partial charge in [-0.3, -0.25) is 0 Å². The van der Waals surface area contributed by atoms with Gasteiger partial charge in [0, 0.05) is 19.2 Å². The highest BCUT2D eigenvalue weighted by atomic mass is 16.6. The lowest BCUT2D eigenvalue weighted by Crippen LogP contribution is -2.49. The second kappa shape index (κ2) is 5.71. The molecule has 0 radical (unpaired) electrons. The van der Waals surface area contributed by atoms with Gasteiger partial charge in [0.2, 0.25) is 0 Å². The molecule has 4 nitrogen and oxygen atoms in total. The van der Waals surface area contributed by atoms with E-state index in [4.69, 9.17) is 9.84 Å². The second-order valence-corrected chi connectivity index (χ2v) is 5.87. The molecule has 1 aliphatic heterocycles. The van der Waals surface area contributed by atoms with Gasteiger partial charge in [-0.05, 0) is 46.0 Å². The summed E-state index contributed by atoms with van der Waals surface area (Å²) in [6.07, 6.45) is 2.52. The van der Waals surface area contributed by atoms with Crippen LogP contribution in [-0.4, -0.2) is 40.9 Å². The number of carbonyl (C=O) groups excluding carboxylic acids is 1. The van der Waals surface area contributed by atoms with Gasteiger partial charge in [0.1, 0.15) is 5.60 Å². The maximum atomic E-state index is 12.1. The van der Waals surface area contributed by atoms with Crippen molar-refractivity contribution in [2.45, 2.75) is 58.6 Å². The fourth-order valence-corrected chi connectivity index (χ4v) is 2.37. The van der Waals surface area contributed by atoms with E-state index in [-0.39, 0.29) is 18.7 Å². The zero-order valence-corrected chi connectivity index (χ0v) is 11.4. The molecule has 0 aromatic heterocycles. The summed E-state index contributed by atoms with van der Waals surface area (Å²) >= 11 is 0. The van der Waals surface area contributed by atoms with E-state index in [1.807, 2.05) is 20.8 Å². The molecule has 0 bridgehead atoms. The van der Waals surface area contributed by atoms with Crippen molar-refractivity contribution in [1.29, 1.82) is 0 Å². The van der Waals surface area contributed by atoms with Crippen molar-refractivity contribution in [3.8, 4) is 0 Å². The highest BCUT2D eigenvalue weighted by Crippen LogP contribution is 2.27. The predicted molar refractivity (Wildman–Crippen MR) is 66.8 cm³/mol. The summed E-state index contributed by atoms with van der Waals surface area (Å²) in [6, 6.07) is 0.114. The van der Waals surface area contributed by atoms with E-state index in [1.54, 1.807) is 4.90 Å². The molecule has 100 valence electrons. The number of rotatable bonds is 2. The van der Waals surface area contributed by atoms with Gasteiger partial charge in [-0.1, -0.05) is 6.92 Å². The topological polar surface area (TPSA) is 49.8 Å². The van der Waals surface area contributed by atoms with Gasteiger partial charge >= 0.3 is 6.09 Å². The molecular formula is C13H25NO3. The van der Waals surface area contributed by atoms with Gasteiger partial charge in [0.25, 0.3) is 0 Å². The Kier molecular flexibility index (Phi) is 4.80. The van der Waals surface area contributed by atoms with Crippen LogP contribution in [0.4, 0.5) is 4.79 Å². The van der Waals surface area contributed by atoms with Crippen LogP contribution in [0.2, 0.25) is 0 Å². The molecule has 1 aliphatic rings.